The largest absolute Gasteiger partial charge is 0.398 e. The minimum absolute atomic E-state index is 0.0464. The minimum Gasteiger partial charge on any atom is -0.398 e. The molecule has 1 aliphatic rings. The van der Waals surface area contributed by atoms with Gasteiger partial charge in [-0.2, -0.15) is 0 Å². The van der Waals surface area contributed by atoms with Gasteiger partial charge in [-0.15, -0.1) is 0 Å². The van der Waals surface area contributed by atoms with E-state index in [2.05, 4.69) is 12.2 Å². The summed E-state index contributed by atoms with van der Waals surface area (Å²) in [7, 11) is 0. The summed E-state index contributed by atoms with van der Waals surface area (Å²) in [4.78, 5) is 12.2. The molecule has 0 saturated heterocycles. The van der Waals surface area contributed by atoms with Crippen LogP contribution in [0.15, 0.2) is 24.3 Å². The van der Waals surface area contributed by atoms with Gasteiger partial charge in [0, 0.05) is 11.7 Å². The van der Waals surface area contributed by atoms with Crippen LogP contribution in [0.4, 0.5) is 5.69 Å². The molecular weight excluding hydrogens is 236 g/mol. The molecule has 3 heteroatoms. The summed E-state index contributed by atoms with van der Waals surface area (Å²) >= 11 is 0. The first-order chi connectivity index (χ1) is 9.18. The molecule has 0 bridgehead atoms. The number of amides is 1. The Morgan fingerprint density at radius 2 is 1.84 bits per heavy atom. The third-order valence-corrected chi connectivity index (χ3v) is 4.17. The zero-order chi connectivity index (χ0) is 13.7. The number of carbonyl (C=O) groups is 1. The normalized spacial score (nSPS) is 18.6. The van der Waals surface area contributed by atoms with E-state index in [1.54, 1.807) is 12.1 Å². The first-order valence-corrected chi connectivity index (χ1v) is 7.34. The Morgan fingerprint density at radius 1 is 1.21 bits per heavy atom. The third kappa shape index (κ3) is 3.72. The molecule has 0 radical (unpaired) electrons. The zero-order valence-corrected chi connectivity index (χ0v) is 11.7. The first-order valence-electron chi connectivity index (χ1n) is 7.34. The SMILES string of the molecule is C[C@@H](NC(=O)c1ccccc1N)C1CCCCCC1. The topological polar surface area (TPSA) is 55.1 Å². The molecule has 104 valence electrons. The van der Waals surface area contributed by atoms with Gasteiger partial charge in [0.15, 0.2) is 0 Å². The number of benzene rings is 1. The lowest BCUT2D eigenvalue weighted by molar-refractivity contribution is 0.0925. The molecule has 0 heterocycles. The molecule has 3 N–H and O–H groups in total. The maximum absolute atomic E-state index is 12.2. The van der Waals surface area contributed by atoms with E-state index in [1.807, 2.05) is 12.1 Å². The molecule has 1 saturated carbocycles. The maximum Gasteiger partial charge on any atom is 0.253 e. The van der Waals surface area contributed by atoms with Crippen LogP contribution >= 0.6 is 0 Å². The highest BCUT2D eigenvalue weighted by Gasteiger charge is 2.21. The summed E-state index contributed by atoms with van der Waals surface area (Å²) in [5.74, 6) is 0.561. The fourth-order valence-electron chi connectivity index (χ4n) is 2.92. The highest BCUT2D eigenvalue weighted by atomic mass is 16.1. The Hall–Kier alpha value is -1.51. The highest BCUT2D eigenvalue weighted by Crippen LogP contribution is 2.25. The molecule has 2 rings (SSSR count). The lowest BCUT2D eigenvalue weighted by Crippen LogP contribution is -2.38. The predicted molar refractivity (Wildman–Crippen MR) is 79.0 cm³/mol. The second kappa shape index (κ2) is 6.60. The summed E-state index contributed by atoms with van der Waals surface area (Å²) in [5, 5.41) is 3.12. The highest BCUT2D eigenvalue weighted by molar-refractivity contribution is 5.99. The summed E-state index contributed by atoms with van der Waals surface area (Å²) < 4.78 is 0. The number of rotatable bonds is 3. The number of nitrogens with one attached hydrogen (secondary N) is 1. The number of nitrogens with two attached hydrogens (primary N) is 1. The predicted octanol–water partition coefficient (Wildman–Crippen LogP) is 3.36. The van der Waals surface area contributed by atoms with Crippen molar-refractivity contribution in [2.75, 3.05) is 5.73 Å². The number of para-hydroxylation sites is 1. The Morgan fingerprint density at radius 3 is 2.47 bits per heavy atom. The molecule has 19 heavy (non-hydrogen) atoms. The van der Waals surface area contributed by atoms with Crippen molar-refractivity contribution in [1.29, 1.82) is 0 Å². The van der Waals surface area contributed by atoms with Gasteiger partial charge in [0.1, 0.15) is 0 Å². The third-order valence-electron chi connectivity index (χ3n) is 4.17. The molecule has 1 atom stereocenters. The van der Waals surface area contributed by atoms with E-state index < -0.39 is 0 Å². The average Bonchev–Trinajstić information content (AvgIpc) is 2.68. The number of carbonyl (C=O) groups excluding carboxylic acids is 1. The standard InChI is InChI=1S/C16H24N2O/c1-12(13-8-4-2-3-5-9-13)18-16(19)14-10-6-7-11-15(14)17/h6-7,10-13H,2-5,8-9,17H2,1H3,(H,18,19)/t12-/m1/s1. The summed E-state index contributed by atoms with van der Waals surface area (Å²) in [6.07, 6.45) is 7.71. The van der Waals surface area contributed by atoms with Crippen LogP contribution < -0.4 is 11.1 Å². The number of hydrogen-bond donors (Lipinski definition) is 2. The van der Waals surface area contributed by atoms with Crippen LogP contribution in [0.2, 0.25) is 0 Å². The van der Waals surface area contributed by atoms with Gasteiger partial charge in [0.05, 0.1) is 5.56 Å². The second-order valence-electron chi connectivity index (χ2n) is 5.60. The Balaban J connectivity index is 1.96. The van der Waals surface area contributed by atoms with Gasteiger partial charge in [0.25, 0.3) is 5.91 Å². The van der Waals surface area contributed by atoms with Crippen molar-refractivity contribution in [1.82, 2.24) is 5.32 Å². The van der Waals surface area contributed by atoms with E-state index in [0.29, 0.717) is 17.2 Å². The molecule has 3 nitrogen and oxygen atoms in total. The first kappa shape index (κ1) is 13.9. The lowest BCUT2D eigenvalue weighted by atomic mass is 9.93. The Labute approximate surface area is 115 Å². The molecular formula is C16H24N2O. The van der Waals surface area contributed by atoms with E-state index in [9.17, 15) is 4.79 Å². The van der Waals surface area contributed by atoms with E-state index >= 15 is 0 Å². The van der Waals surface area contributed by atoms with E-state index in [0.717, 1.165) is 0 Å². The molecule has 1 aliphatic carbocycles. The number of nitrogen functional groups attached to an aromatic ring is 1. The van der Waals surface area contributed by atoms with E-state index in [4.69, 9.17) is 5.73 Å². The molecule has 1 aromatic carbocycles. The van der Waals surface area contributed by atoms with Gasteiger partial charge >= 0.3 is 0 Å². The lowest BCUT2D eigenvalue weighted by Gasteiger charge is -2.23. The van der Waals surface area contributed by atoms with Crippen molar-refractivity contribution >= 4 is 11.6 Å². The van der Waals surface area contributed by atoms with Gasteiger partial charge in [-0.25, -0.2) is 0 Å². The molecule has 1 amide bonds. The molecule has 0 unspecified atom stereocenters. The summed E-state index contributed by atoms with van der Waals surface area (Å²) in [6.45, 7) is 2.12. The van der Waals surface area contributed by atoms with Gasteiger partial charge in [0.2, 0.25) is 0 Å². The van der Waals surface area contributed by atoms with Gasteiger partial charge in [-0.05, 0) is 37.8 Å². The maximum atomic E-state index is 12.2. The van der Waals surface area contributed by atoms with Crippen LogP contribution in [0.3, 0.4) is 0 Å². The van der Waals surface area contributed by atoms with Crippen LogP contribution in [-0.2, 0) is 0 Å². The Bertz CT molecular complexity index is 423. The summed E-state index contributed by atoms with van der Waals surface area (Å²) in [5.41, 5.74) is 6.98. The van der Waals surface area contributed by atoms with Crippen molar-refractivity contribution in [3.63, 3.8) is 0 Å². The van der Waals surface area contributed by atoms with Crippen LogP contribution in [0, 0.1) is 5.92 Å². The zero-order valence-electron chi connectivity index (χ0n) is 11.7. The van der Waals surface area contributed by atoms with Crippen LogP contribution in [0.1, 0.15) is 55.8 Å². The minimum atomic E-state index is -0.0464. The average molecular weight is 260 g/mol. The van der Waals surface area contributed by atoms with E-state index in [-0.39, 0.29) is 11.9 Å². The van der Waals surface area contributed by atoms with E-state index in [1.165, 1.54) is 38.5 Å². The smallest absolute Gasteiger partial charge is 0.253 e. The number of hydrogen-bond acceptors (Lipinski definition) is 2. The van der Waals surface area contributed by atoms with Gasteiger partial charge < -0.3 is 11.1 Å². The molecule has 1 aromatic rings. The fraction of sp³-hybridized carbons (Fsp3) is 0.562. The van der Waals surface area contributed by atoms with Crippen molar-refractivity contribution < 1.29 is 4.79 Å². The fourth-order valence-corrected chi connectivity index (χ4v) is 2.92. The molecule has 0 spiro atoms. The molecule has 1 fully saturated rings. The number of anilines is 1. The van der Waals surface area contributed by atoms with Crippen molar-refractivity contribution in [3.05, 3.63) is 29.8 Å². The van der Waals surface area contributed by atoms with Gasteiger partial charge in [-0.1, -0.05) is 37.8 Å². The monoisotopic (exact) mass is 260 g/mol. The van der Waals surface area contributed by atoms with Crippen molar-refractivity contribution in [2.45, 2.75) is 51.5 Å². The Kier molecular flexibility index (Phi) is 4.83. The van der Waals surface area contributed by atoms with Crippen molar-refractivity contribution in [2.24, 2.45) is 5.92 Å². The van der Waals surface area contributed by atoms with Crippen LogP contribution in [0.25, 0.3) is 0 Å². The van der Waals surface area contributed by atoms with Crippen LogP contribution in [0.5, 0.6) is 0 Å². The summed E-state index contributed by atoms with van der Waals surface area (Å²) in [6, 6.07) is 7.48. The van der Waals surface area contributed by atoms with Crippen LogP contribution in [-0.4, -0.2) is 11.9 Å². The van der Waals surface area contributed by atoms with Crippen molar-refractivity contribution in [3.8, 4) is 0 Å². The quantitative estimate of drug-likeness (QED) is 0.647. The second-order valence-corrected chi connectivity index (χ2v) is 5.60. The van der Waals surface area contributed by atoms with Gasteiger partial charge in [-0.3, -0.25) is 4.79 Å². The molecule has 0 aromatic heterocycles. The molecule has 0 aliphatic heterocycles.